The molecule has 4 aromatic rings. The van der Waals surface area contributed by atoms with Gasteiger partial charge in [0, 0.05) is 26.2 Å². The van der Waals surface area contributed by atoms with E-state index in [4.69, 9.17) is 28.3 Å². The minimum absolute atomic E-state index is 0.171. The van der Waals surface area contributed by atoms with Gasteiger partial charge >= 0.3 is 23.5 Å². The van der Waals surface area contributed by atoms with Gasteiger partial charge in [-0.3, -0.25) is 19.0 Å². The van der Waals surface area contributed by atoms with Crippen LogP contribution in [-0.2, 0) is 33.3 Å². The maximum Gasteiger partial charge on any atom is 0.347 e. The summed E-state index contributed by atoms with van der Waals surface area (Å²) in [5.41, 5.74) is 1.61. The summed E-state index contributed by atoms with van der Waals surface area (Å²) in [5.74, 6) is -1.90. The molecule has 3 heterocycles. The molecule has 5 rings (SSSR count). The summed E-state index contributed by atoms with van der Waals surface area (Å²) in [4.78, 5) is 53.9. The lowest BCUT2D eigenvalue weighted by Gasteiger charge is -2.24. The molecule has 0 N–H and O–H groups in total. The normalized spacial score (nSPS) is 20.9. The molecule has 0 saturated carbocycles. The molecule has 1 fully saturated rings. The molecule has 0 aliphatic carbocycles. The van der Waals surface area contributed by atoms with Crippen LogP contribution >= 0.6 is 0 Å². The van der Waals surface area contributed by atoms with Crippen LogP contribution in [0.5, 0.6) is 0 Å². The fraction of sp³-hybridized carbons (Fsp3) is 0.296. The van der Waals surface area contributed by atoms with Crippen molar-refractivity contribution in [1.82, 2.24) is 9.55 Å². The first kappa shape index (κ1) is 25.2. The first-order valence-electron chi connectivity index (χ1n) is 11.8. The molecular weight excluding hydrogens is 496 g/mol. The lowest BCUT2D eigenvalue weighted by atomic mass is 10.1. The fourth-order valence-electron chi connectivity index (χ4n) is 4.75. The predicted molar refractivity (Wildman–Crippen MR) is 133 cm³/mol. The lowest BCUT2D eigenvalue weighted by molar-refractivity contribution is -0.198. The quantitative estimate of drug-likeness (QED) is 0.219. The van der Waals surface area contributed by atoms with Gasteiger partial charge in [0.1, 0.15) is 11.1 Å². The number of ether oxygens (including phenoxy) is 4. The van der Waals surface area contributed by atoms with Crippen LogP contribution in [0.15, 0.2) is 57.7 Å². The Labute approximate surface area is 215 Å². The summed E-state index contributed by atoms with van der Waals surface area (Å²) < 4.78 is 29.5. The third-order valence-corrected chi connectivity index (χ3v) is 6.18. The van der Waals surface area contributed by atoms with Crippen molar-refractivity contribution in [2.24, 2.45) is 0 Å². The number of carbonyl (C=O) groups is 3. The van der Waals surface area contributed by atoms with Gasteiger partial charge in [-0.25, -0.2) is 9.78 Å². The van der Waals surface area contributed by atoms with E-state index >= 15 is 0 Å². The Bertz CT molecular complexity index is 1640. The molecule has 1 aliphatic heterocycles. The Hall–Kier alpha value is -4.51. The van der Waals surface area contributed by atoms with Gasteiger partial charge in [0.2, 0.25) is 12.4 Å². The van der Waals surface area contributed by atoms with Crippen molar-refractivity contribution in [2.75, 3.05) is 0 Å². The van der Waals surface area contributed by atoms with Crippen molar-refractivity contribution in [3.63, 3.8) is 0 Å². The van der Waals surface area contributed by atoms with Crippen LogP contribution in [0, 0.1) is 6.92 Å². The minimum atomic E-state index is -1.39. The lowest BCUT2D eigenvalue weighted by Crippen LogP contribution is -2.40. The van der Waals surface area contributed by atoms with E-state index < -0.39 is 48.3 Å². The largest absolute Gasteiger partial charge is 0.453 e. The van der Waals surface area contributed by atoms with Crippen molar-refractivity contribution < 1.29 is 37.7 Å². The highest BCUT2D eigenvalue weighted by Crippen LogP contribution is 2.40. The average molecular weight is 520 g/mol. The van der Waals surface area contributed by atoms with Crippen LogP contribution in [0.2, 0.25) is 0 Å². The standard InChI is InChI=1S/C27H24N2O9/c1-13-17-9-5-8-12-20(17)37-26(33)21(13)24-28-18-10-6-7-11-19(18)29(24)25-22(34-14(2)30)23(35-15(3)31)27(38-25)36-16(4)32/h5-12,22-23,25,27H,1-4H3/t22-,23+,25-,27+/m1/s1. The van der Waals surface area contributed by atoms with Crippen molar-refractivity contribution in [3.05, 3.63) is 64.5 Å². The van der Waals surface area contributed by atoms with Crippen LogP contribution < -0.4 is 5.63 Å². The Morgan fingerprint density at radius 2 is 1.50 bits per heavy atom. The molecule has 0 unspecified atom stereocenters. The molecule has 11 heteroatoms. The van der Waals surface area contributed by atoms with Gasteiger partial charge in [0.15, 0.2) is 18.2 Å². The zero-order chi connectivity index (χ0) is 27.1. The molecule has 0 radical (unpaired) electrons. The summed E-state index contributed by atoms with van der Waals surface area (Å²) in [5, 5.41) is 0.708. The number of hydrogen-bond donors (Lipinski definition) is 0. The second-order valence-electron chi connectivity index (χ2n) is 8.83. The first-order valence-corrected chi connectivity index (χ1v) is 11.8. The van der Waals surface area contributed by atoms with Gasteiger partial charge in [0.05, 0.1) is 11.0 Å². The van der Waals surface area contributed by atoms with Crippen LogP contribution in [0.4, 0.5) is 0 Å². The molecule has 4 atom stereocenters. The van der Waals surface area contributed by atoms with E-state index in [0.29, 0.717) is 27.6 Å². The molecular formula is C27H24N2O9. The van der Waals surface area contributed by atoms with Gasteiger partial charge in [-0.15, -0.1) is 0 Å². The van der Waals surface area contributed by atoms with Gasteiger partial charge < -0.3 is 23.4 Å². The maximum absolute atomic E-state index is 13.3. The van der Waals surface area contributed by atoms with Crippen molar-refractivity contribution >= 4 is 39.9 Å². The number of aryl methyl sites for hydroxylation is 1. The van der Waals surface area contributed by atoms with E-state index in [0.717, 1.165) is 0 Å². The molecule has 0 spiro atoms. The summed E-state index contributed by atoms with van der Waals surface area (Å²) in [6, 6.07) is 14.1. The zero-order valence-electron chi connectivity index (χ0n) is 21.0. The SMILES string of the molecule is CC(=O)O[C@H]1O[C@@H](n2c(-c3c(C)c4ccccc4oc3=O)nc3ccccc32)[C@H](OC(C)=O)[C@@H]1OC(C)=O. The monoisotopic (exact) mass is 520 g/mol. The number of carbonyl (C=O) groups excluding carboxylic acids is 3. The highest BCUT2D eigenvalue weighted by molar-refractivity contribution is 5.88. The molecule has 196 valence electrons. The molecule has 1 saturated heterocycles. The average Bonchev–Trinajstić information content (AvgIpc) is 3.36. The number of nitrogens with zero attached hydrogens (tertiary/aromatic N) is 2. The molecule has 38 heavy (non-hydrogen) atoms. The predicted octanol–water partition coefficient (Wildman–Crippen LogP) is 3.40. The van der Waals surface area contributed by atoms with E-state index in [-0.39, 0.29) is 11.4 Å². The molecule has 0 amide bonds. The van der Waals surface area contributed by atoms with Crippen molar-refractivity contribution in [1.29, 1.82) is 0 Å². The molecule has 11 nitrogen and oxygen atoms in total. The Balaban J connectivity index is 1.77. The van der Waals surface area contributed by atoms with E-state index in [1.165, 1.54) is 20.8 Å². The second kappa shape index (κ2) is 9.75. The Morgan fingerprint density at radius 1 is 0.868 bits per heavy atom. The Kier molecular flexibility index (Phi) is 6.45. The molecule has 1 aliphatic rings. The van der Waals surface area contributed by atoms with E-state index in [9.17, 15) is 19.2 Å². The van der Waals surface area contributed by atoms with Gasteiger partial charge in [-0.05, 0) is 30.7 Å². The van der Waals surface area contributed by atoms with Crippen LogP contribution in [0.1, 0.15) is 32.6 Å². The van der Waals surface area contributed by atoms with Crippen LogP contribution in [-0.4, -0.2) is 46.0 Å². The topological polar surface area (TPSA) is 136 Å². The minimum Gasteiger partial charge on any atom is -0.453 e. The summed E-state index contributed by atoms with van der Waals surface area (Å²) in [6.07, 6.45) is -5.12. The highest BCUT2D eigenvalue weighted by Gasteiger charge is 2.53. The van der Waals surface area contributed by atoms with Crippen LogP contribution in [0.25, 0.3) is 33.4 Å². The number of esters is 3. The van der Waals surface area contributed by atoms with Gasteiger partial charge in [0.25, 0.3) is 0 Å². The number of fused-ring (bicyclic) bond motifs is 2. The number of benzene rings is 2. The summed E-state index contributed by atoms with van der Waals surface area (Å²) in [7, 11) is 0. The Morgan fingerprint density at radius 3 is 2.21 bits per heavy atom. The molecule has 2 aromatic heterocycles. The first-order chi connectivity index (χ1) is 18.2. The second-order valence-corrected chi connectivity index (χ2v) is 8.83. The number of hydrogen-bond acceptors (Lipinski definition) is 10. The van der Waals surface area contributed by atoms with Gasteiger partial charge in [-0.1, -0.05) is 30.3 Å². The third-order valence-electron chi connectivity index (χ3n) is 6.18. The summed E-state index contributed by atoms with van der Waals surface area (Å²) in [6.45, 7) is 5.31. The van der Waals surface area contributed by atoms with E-state index in [1.54, 1.807) is 47.9 Å². The molecule has 2 aromatic carbocycles. The van der Waals surface area contributed by atoms with Crippen molar-refractivity contribution in [3.8, 4) is 11.4 Å². The number of rotatable bonds is 5. The third kappa shape index (κ3) is 4.41. The smallest absolute Gasteiger partial charge is 0.347 e. The van der Waals surface area contributed by atoms with E-state index in [2.05, 4.69) is 0 Å². The summed E-state index contributed by atoms with van der Waals surface area (Å²) >= 11 is 0. The van der Waals surface area contributed by atoms with Gasteiger partial charge in [-0.2, -0.15) is 0 Å². The molecule has 0 bridgehead atoms. The van der Waals surface area contributed by atoms with Crippen molar-refractivity contribution in [2.45, 2.75) is 52.4 Å². The van der Waals surface area contributed by atoms with Crippen LogP contribution in [0.3, 0.4) is 0 Å². The highest BCUT2D eigenvalue weighted by atomic mass is 16.8. The van der Waals surface area contributed by atoms with E-state index in [1.807, 2.05) is 12.1 Å². The number of aromatic nitrogens is 2. The maximum atomic E-state index is 13.3. The fourth-order valence-corrected chi connectivity index (χ4v) is 4.75. The number of imidazole rings is 1. The number of para-hydroxylation sites is 3. The zero-order valence-corrected chi connectivity index (χ0v) is 21.0.